The van der Waals surface area contributed by atoms with Crippen LogP contribution in [0.15, 0.2) is 49.1 Å². The molecule has 1 aromatic heterocycles. The minimum absolute atomic E-state index is 0. The quantitative estimate of drug-likeness (QED) is 0.355. The summed E-state index contributed by atoms with van der Waals surface area (Å²) in [6.07, 6.45) is 2.02. The van der Waals surface area contributed by atoms with Crippen LogP contribution in [0.3, 0.4) is 0 Å². The Labute approximate surface area is 213 Å². The molecule has 3 rings (SSSR count). The van der Waals surface area contributed by atoms with Gasteiger partial charge in [-0.25, -0.2) is 0 Å². The molecule has 1 aliphatic heterocycles. The van der Waals surface area contributed by atoms with Gasteiger partial charge in [-0.3, -0.25) is 21.1 Å². The molecule has 0 aliphatic carbocycles. The van der Waals surface area contributed by atoms with Gasteiger partial charge in [-0.05, 0) is 49.7 Å². The molecule has 32 heavy (non-hydrogen) atoms. The first-order chi connectivity index (χ1) is 14.5. The first-order valence-electron chi connectivity index (χ1n) is 11.4. The van der Waals surface area contributed by atoms with Crippen molar-refractivity contribution in [2.24, 2.45) is 0 Å². The molecule has 0 spiro atoms. The van der Waals surface area contributed by atoms with Crippen LogP contribution in [0.4, 0.5) is 0 Å². The van der Waals surface area contributed by atoms with Crippen LogP contribution < -0.4 is 23.3 Å². The fraction of sp³-hybridized carbons (Fsp3) is 0.538. The van der Waals surface area contributed by atoms with Crippen LogP contribution in [0.1, 0.15) is 51.1 Å². The molecule has 2 heterocycles. The van der Waals surface area contributed by atoms with Crippen LogP contribution in [0.5, 0.6) is 5.75 Å². The molecule has 1 aromatic carbocycles. The van der Waals surface area contributed by atoms with Crippen molar-refractivity contribution in [2.75, 3.05) is 19.6 Å². The Morgan fingerprint density at radius 2 is 1.94 bits per heavy atom. The SMILES string of the molecule is C=CCN1C[C@H](C)N([C@@H](c2cccc(O[Si](C)(C)C(C)(C)C)c2)c2cc[c-]s2)C[C@H]1C.[Li+]. The Morgan fingerprint density at radius 3 is 2.53 bits per heavy atom. The second kappa shape index (κ2) is 11.1. The van der Waals surface area contributed by atoms with E-state index in [9.17, 15) is 0 Å². The molecule has 3 atom stereocenters. The molecule has 0 radical (unpaired) electrons. The summed E-state index contributed by atoms with van der Waals surface area (Å²) >= 11 is 1.73. The largest absolute Gasteiger partial charge is 1.00 e. The van der Waals surface area contributed by atoms with Gasteiger partial charge in [-0.15, -0.1) is 16.8 Å². The van der Waals surface area contributed by atoms with E-state index in [1.807, 2.05) is 12.1 Å². The van der Waals surface area contributed by atoms with E-state index in [0.717, 1.165) is 25.4 Å². The standard InChI is InChI=1S/C26H39N2OSSi.Li/c1-9-15-27-18-21(3)28(19-20(27)2)25(24-14-11-16-30-24)22-12-10-13-23(17-22)29-31(7,8)26(4,5)6;/h9-14,17,20-21,25H,1,15,18-19H2,2-8H3;/q-1;+1/t20-,21+,25+;/m1./s1. The van der Waals surface area contributed by atoms with E-state index in [1.165, 1.54) is 10.4 Å². The Morgan fingerprint density at radius 1 is 1.22 bits per heavy atom. The maximum atomic E-state index is 6.66. The predicted octanol–water partition coefficient (Wildman–Crippen LogP) is 3.61. The van der Waals surface area contributed by atoms with Gasteiger partial charge in [0.25, 0.3) is 0 Å². The zero-order valence-corrected chi connectivity index (χ0v) is 23.1. The number of piperazine rings is 1. The number of hydrogen-bond acceptors (Lipinski definition) is 4. The molecule has 0 saturated carbocycles. The topological polar surface area (TPSA) is 15.7 Å². The summed E-state index contributed by atoms with van der Waals surface area (Å²) in [4.78, 5) is 6.54. The molecular formula is C26H39LiN2OSSi. The molecule has 1 aliphatic rings. The van der Waals surface area contributed by atoms with Gasteiger partial charge >= 0.3 is 18.9 Å². The van der Waals surface area contributed by atoms with Gasteiger partial charge in [-0.2, -0.15) is 12.1 Å². The zero-order chi connectivity index (χ0) is 22.8. The summed E-state index contributed by atoms with van der Waals surface area (Å²) in [7, 11) is -1.89. The summed E-state index contributed by atoms with van der Waals surface area (Å²) in [6, 6.07) is 14.3. The van der Waals surface area contributed by atoms with Crippen LogP contribution >= 0.6 is 11.3 Å². The summed E-state index contributed by atoms with van der Waals surface area (Å²) in [5, 5.41) is 3.49. The fourth-order valence-electron chi connectivity index (χ4n) is 4.12. The van der Waals surface area contributed by atoms with E-state index >= 15 is 0 Å². The van der Waals surface area contributed by atoms with E-state index in [0.29, 0.717) is 12.1 Å². The van der Waals surface area contributed by atoms with Gasteiger partial charge in [0, 0.05) is 37.8 Å². The zero-order valence-electron chi connectivity index (χ0n) is 21.3. The molecule has 1 fully saturated rings. The average Bonchev–Trinajstić information content (AvgIpc) is 3.19. The summed E-state index contributed by atoms with van der Waals surface area (Å²) in [5.41, 5.74) is 1.31. The molecule has 3 nitrogen and oxygen atoms in total. The van der Waals surface area contributed by atoms with Crippen molar-refractivity contribution in [2.45, 2.75) is 70.9 Å². The molecule has 170 valence electrons. The number of benzene rings is 1. The van der Waals surface area contributed by atoms with Crippen molar-refractivity contribution in [3.8, 4) is 5.75 Å². The summed E-state index contributed by atoms with van der Waals surface area (Å²) in [6.45, 7) is 23.2. The molecule has 0 bridgehead atoms. The van der Waals surface area contributed by atoms with E-state index in [-0.39, 0.29) is 29.9 Å². The maximum absolute atomic E-state index is 6.66. The summed E-state index contributed by atoms with van der Waals surface area (Å²) < 4.78 is 6.66. The first kappa shape index (κ1) is 27.4. The van der Waals surface area contributed by atoms with Gasteiger partial charge in [0.1, 0.15) is 5.75 Å². The van der Waals surface area contributed by atoms with Gasteiger partial charge in [0.15, 0.2) is 0 Å². The van der Waals surface area contributed by atoms with E-state index in [1.54, 1.807) is 11.3 Å². The van der Waals surface area contributed by atoms with Crippen molar-refractivity contribution in [1.82, 2.24) is 9.80 Å². The van der Waals surface area contributed by atoms with Crippen LogP contribution in [-0.2, 0) is 0 Å². The molecule has 0 unspecified atom stereocenters. The molecule has 6 heteroatoms. The predicted molar refractivity (Wildman–Crippen MR) is 137 cm³/mol. The maximum Gasteiger partial charge on any atom is 1.00 e. The normalized spacial score (nSPS) is 21.6. The summed E-state index contributed by atoms with van der Waals surface area (Å²) in [5.74, 6) is 1.00. The van der Waals surface area contributed by atoms with Crippen molar-refractivity contribution in [1.29, 1.82) is 0 Å². The molecular weight excluding hydrogens is 423 g/mol. The minimum Gasteiger partial charge on any atom is -0.543 e. The monoisotopic (exact) mass is 462 g/mol. The van der Waals surface area contributed by atoms with Gasteiger partial charge in [0.2, 0.25) is 8.32 Å². The van der Waals surface area contributed by atoms with Gasteiger partial charge < -0.3 is 4.43 Å². The third-order valence-electron chi connectivity index (χ3n) is 6.97. The Bertz CT molecular complexity index is 865. The van der Waals surface area contributed by atoms with E-state index in [4.69, 9.17) is 4.43 Å². The second-order valence-corrected chi connectivity index (χ2v) is 16.1. The van der Waals surface area contributed by atoms with Gasteiger partial charge in [-0.1, -0.05) is 39.0 Å². The van der Waals surface area contributed by atoms with Crippen LogP contribution in [0.2, 0.25) is 18.1 Å². The molecule has 0 amide bonds. The van der Waals surface area contributed by atoms with Crippen LogP contribution in [0, 0.1) is 5.38 Å². The van der Waals surface area contributed by atoms with E-state index < -0.39 is 8.32 Å². The minimum atomic E-state index is -1.89. The number of nitrogens with zero attached hydrogens (tertiary/aromatic N) is 2. The first-order valence-corrected chi connectivity index (χ1v) is 15.1. The molecule has 2 aromatic rings. The molecule has 0 N–H and O–H groups in total. The number of hydrogen-bond donors (Lipinski definition) is 0. The smallest absolute Gasteiger partial charge is 0.543 e. The van der Waals surface area contributed by atoms with Crippen molar-refractivity contribution in [3.05, 3.63) is 64.9 Å². The number of rotatable bonds is 7. The average molecular weight is 463 g/mol. The van der Waals surface area contributed by atoms with Crippen LogP contribution in [0.25, 0.3) is 0 Å². The Kier molecular flexibility index (Phi) is 9.50. The number of thiophene rings is 1. The van der Waals surface area contributed by atoms with Crippen molar-refractivity contribution in [3.63, 3.8) is 0 Å². The third kappa shape index (κ3) is 6.20. The Hall–Kier alpha value is -0.806. The van der Waals surface area contributed by atoms with Crippen LogP contribution in [-0.4, -0.2) is 49.8 Å². The van der Waals surface area contributed by atoms with Gasteiger partial charge in [0.05, 0.1) is 0 Å². The van der Waals surface area contributed by atoms with Crippen molar-refractivity contribution >= 4 is 19.7 Å². The third-order valence-corrected chi connectivity index (χ3v) is 12.2. The Balaban J connectivity index is 0.00000363. The van der Waals surface area contributed by atoms with Crippen molar-refractivity contribution < 1.29 is 23.3 Å². The van der Waals surface area contributed by atoms with E-state index in [2.05, 4.69) is 99.8 Å². The fourth-order valence-corrected chi connectivity index (χ4v) is 5.93. The molecule has 1 saturated heterocycles. The second-order valence-electron chi connectivity index (χ2n) is 10.4.